The minimum absolute atomic E-state index is 0.0455. The van der Waals surface area contributed by atoms with Crippen LogP contribution < -0.4 is 10.6 Å². The molecule has 2 fully saturated rings. The van der Waals surface area contributed by atoms with Crippen molar-refractivity contribution in [1.29, 1.82) is 0 Å². The van der Waals surface area contributed by atoms with Crippen LogP contribution in [0, 0.1) is 5.92 Å². The first-order valence-electron chi connectivity index (χ1n) is 16.7. The second kappa shape index (κ2) is 28.7. The Bertz CT molecular complexity index is 886. The van der Waals surface area contributed by atoms with Gasteiger partial charge in [-0.1, -0.05) is 44.9 Å². The number of rotatable bonds is 23. The Kier molecular flexibility index (Phi) is 27.0. The van der Waals surface area contributed by atoms with Crippen LogP contribution in [0.2, 0.25) is 0 Å². The summed E-state index contributed by atoms with van der Waals surface area (Å²) in [5, 5.41) is 55.3. The molecule has 284 valence electrons. The quantitative estimate of drug-likeness (QED) is 0.0703. The van der Waals surface area contributed by atoms with Gasteiger partial charge < -0.3 is 30.6 Å². The van der Waals surface area contributed by atoms with Gasteiger partial charge in [-0.25, -0.2) is 0 Å². The summed E-state index contributed by atoms with van der Waals surface area (Å²) in [6.45, 7) is 0.204. The summed E-state index contributed by atoms with van der Waals surface area (Å²) < 4.78 is 12.5. The van der Waals surface area contributed by atoms with Crippen molar-refractivity contribution in [3.05, 3.63) is 0 Å². The molecular weight excluding hydrogens is 671 g/mol. The Labute approximate surface area is 291 Å². The Balaban J connectivity index is 0.00000105. The van der Waals surface area contributed by atoms with Crippen molar-refractivity contribution in [2.45, 2.75) is 95.6 Å². The molecule has 0 radical (unpaired) electrons. The molecule has 2 aliphatic carbocycles. The average Bonchev–Trinajstić information content (AvgIpc) is 3.02. The van der Waals surface area contributed by atoms with Crippen LogP contribution in [0.25, 0.3) is 0 Å². The average molecular weight is 727 g/mol. The molecule has 0 unspecified atom stereocenters. The van der Waals surface area contributed by atoms with Crippen LogP contribution in [-0.4, -0.2) is 146 Å². The van der Waals surface area contributed by atoms with Gasteiger partial charge in [-0.05, 0) is 44.4 Å². The van der Waals surface area contributed by atoms with Crippen LogP contribution in [0.5, 0.6) is 0 Å². The van der Waals surface area contributed by atoms with Crippen molar-refractivity contribution in [1.82, 2.24) is 20.4 Å². The number of hydrogen-bond donors (Lipinski definition) is 8. The summed E-state index contributed by atoms with van der Waals surface area (Å²) in [4.78, 5) is 66.3. The van der Waals surface area contributed by atoms with E-state index in [9.17, 15) is 42.9 Å². The van der Waals surface area contributed by atoms with Crippen molar-refractivity contribution in [2.75, 3.05) is 58.1 Å². The first-order valence-corrected chi connectivity index (χ1v) is 17.6. The van der Waals surface area contributed by atoms with E-state index in [2.05, 4.69) is 20.4 Å². The Morgan fingerprint density at radius 2 is 0.918 bits per heavy atom. The van der Waals surface area contributed by atoms with E-state index >= 15 is 0 Å². The highest BCUT2D eigenvalue weighted by atomic mass is 32.2. The lowest BCUT2D eigenvalue weighted by Gasteiger charge is -2.39. The number of nitrogens with zero attached hydrogens (tertiary/aromatic N) is 2. The zero-order chi connectivity index (χ0) is 37.0. The summed E-state index contributed by atoms with van der Waals surface area (Å²) in [7, 11) is 0. The van der Waals surface area contributed by atoms with Crippen LogP contribution >= 0.6 is 12.1 Å². The van der Waals surface area contributed by atoms with Crippen LogP contribution in [0.3, 0.4) is 0 Å². The van der Waals surface area contributed by atoms with Gasteiger partial charge in [0.05, 0.1) is 39.3 Å². The molecule has 2 saturated carbocycles. The molecule has 0 amide bonds. The van der Waals surface area contributed by atoms with Gasteiger partial charge in [0.25, 0.3) is 0 Å². The Morgan fingerprint density at radius 1 is 0.571 bits per heavy atom. The molecule has 0 aromatic rings. The molecule has 8 N–H and O–H groups in total. The third-order valence-electron chi connectivity index (χ3n) is 8.03. The summed E-state index contributed by atoms with van der Waals surface area (Å²) in [6.07, 6.45) is 13.7. The highest BCUT2D eigenvalue weighted by Crippen LogP contribution is 2.27. The van der Waals surface area contributed by atoms with Gasteiger partial charge in [-0.2, -0.15) is 3.89 Å². The Hall–Kier alpha value is -3.06. The van der Waals surface area contributed by atoms with Crippen molar-refractivity contribution >= 4 is 48.0 Å². The molecule has 0 bridgehead atoms. The lowest BCUT2D eigenvalue weighted by molar-refractivity contribution is -0.140. The lowest BCUT2D eigenvalue weighted by atomic mass is 9.91. The predicted octanol–water partition coefficient (Wildman–Crippen LogP) is 2.32. The minimum atomic E-state index is -1.06. The van der Waals surface area contributed by atoms with E-state index in [-0.39, 0.29) is 45.2 Å². The largest absolute Gasteiger partial charge is 0.480 e. The lowest BCUT2D eigenvalue weighted by Crippen LogP contribution is -2.48. The molecule has 0 spiro atoms. The number of carboxylic acids is 6. The first kappa shape index (κ1) is 45.9. The summed E-state index contributed by atoms with van der Waals surface area (Å²) in [5.41, 5.74) is 0. The smallest absolute Gasteiger partial charge is 0.317 e. The van der Waals surface area contributed by atoms with E-state index in [4.69, 9.17) is 20.4 Å². The second-order valence-electron chi connectivity index (χ2n) is 12.2. The standard InChI is InChI=1S/C23H41FN2O4S.2C4H7NO4/c24-31-14-8-7-9-19(15-25(17-22(27)28)20-10-3-1-4-11-20)16-26(18-23(29)30)21-12-5-2-6-13-21;2*6-3(7)1-5-2-4(8)9/h19-21H,1-18H2,(H,27,28)(H,29,30);2*5H,1-2H2,(H,6,7)(H,8,9). The highest BCUT2D eigenvalue weighted by Gasteiger charge is 2.29. The van der Waals surface area contributed by atoms with Crippen molar-refractivity contribution < 1.29 is 63.3 Å². The van der Waals surface area contributed by atoms with Crippen molar-refractivity contribution in [3.8, 4) is 0 Å². The van der Waals surface area contributed by atoms with Crippen LogP contribution in [-0.2, 0) is 28.8 Å². The molecular formula is C31H55FN4O12S. The Morgan fingerprint density at radius 3 is 1.20 bits per heavy atom. The third kappa shape index (κ3) is 27.5. The van der Waals surface area contributed by atoms with Crippen LogP contribution in [0.4, 0.5) is 3.89 Å². The third-order valence-corrected chi connectivity index (χ3v) is 8.48. The molecule has 18 heteroatoms. The van der Waals surface area contributed by atoms with E-state index in [1.807, 2.05) is 0 Å². The fraction of sp³-hybridized carbons (Fsp3) is 0.806. The number of halogens is 1. The zero-order valence-corrected chi connectivity index (χ0v) is 28.9. The van der Waals surface area contributed by atoms with E-state index in [0.717, 1.165) is 70.6 Å². The topological polar surface area (TPSA) is 254 Å². The summed E-state index contributed by atoms with van der Waals surface area (Å²) >= 11 is 0.367. The maximum atomic E-state index is 12.5. The molecule has 2 aliphatic rings. The van der Waals surface area contributed by atoms with Gasteiger partial charge >= 0.3 is 35.8 Å². The van der Waals surface area contributed by atoms with E-state index in [1.54, 1.807) is 0 Å². The molecule has 49 heavy (non-hydrogen) atoms. The highest BCUT2D eigenvalue weighted by molar-refractivity contribution is 7.94. The number of nitrogens with one attached hydrogen (secondary N) is 2. The van der Waals surface area contributed by atoms with Crippen LogP contribution in [0.15, 0.2) is 0 Å². The maximum Gasteiger partial charge on any atom is 0.317 e. The van der Waals surface area contributed by atoms with Gasteiger partial charge in [-0.3, -0.25) is 49.2 Å². The van der Waals surface area contributed by atoms with Crippen molar-refractivity contribution in [2.24, 2.45) is 5.92 Å². The fourth-order valence-corrected chi connectivity index (χ4v) is 6.28. The van der Waals surface area contributed by atoms with Crippen molar-refractivity contribution in [3.63, 3.8) is 0 Å². The number of aliphatic carboxylic acids is 6. The monoisotopic (exact) mass is 726 g/mol. The van der Waals surface area contributed by atoms with Gasteiger partial charge in [0, 0.05) is 43.1 Å². The second-order valence-corrected chi connectivity index (χ2v) is 12.8. The predicted molar refractivity (Wildman–Crippen MR) is 179 cm³/mol. The van der Waals surface area contributed by atoms with Gasteiger partial charge in [0.15, 0.2) is 0 Å². The van der Waals surface area contributed by atoms with E-state index in [0.29, 0.717) is 43.1 Å². The SMILES string of the molecule is O=C(O)CN(CC(CCCCSF)CN(CC(=O)O)C1CCCCC1)C1CCCCC1.O=C(O)CNCC(=O)O.O=C(O)CNCC(=O)O. The molecule has 0 heterocycles. The normalized spacial score (nSPS) is 15.2. The number of carbonyl (C=O) groups is 6. The van der Waals surface area contributed by atoms with E-state index in [1.165, 1.54) is 12.8 Å². The molecule has 16 nitrogen and oxygen atoms in total. The summed E-state index contributed by atoms with van der Waals surface area (Å²) in [5.74, 6) is -5.15. The minimum Gasteiger partial charge on any atom is -0.480 e. The first-order chi connectivity index (χ1) is 23.2. The maximum absolute atomic E-state index is 12.5. The van der Waals surface area contributed by atoms with Crippen LogP contribution in [0.1, 0.15) is 83.5 Å². The number of hydrogen-bond acceptors (Lipinski definition) is 11. The molecule has 0 atom stereocenters. The summed E-state index contributed by atoms with van der Waals surface area (Å²) in [6, 6.07) is 0.604. The zero-order valence-electron chi connectivity index (χ0n) is 28.1. The molecule has 0 aromatic heterocycles. The van der Waals surface area contributed by atoms with Gasteiger partial charge in [-0.15, -0.1) is 0 Å². The molecule has 0 aromatic carbocycles. The van der Waals surface area contributed by atoms with Gasteiger partial charge in [0.1, 0.15) is 0 Å². The molecule has 0 saturated heterocycles. The van der Waals surface area contributed by atoms with Gasteiger partial charge in [0.2, 0.25) is 0 Å². The number of carboxylic acid groups (broad SMARTS) is 6. The molecule has 2 rings (SSSR count). The molecule has 0 aliphatic heterocycles. The number of unbranched alkanes of at least 4 members (excludes halogenated alkanes) is 1. The fourth-order valence-electron chi connectivity index (χ4n) is 5.97. The van der Waals surface area contributed by atoms with E-state index < -0.39 is 35.8 Å².